The van der Waals surface area contributed by atoms with Crippen molar-refractivity contribution in [2.75, 3.05) is 0 Å². The molecule has 0 saturated heterocycles. The Morgan fingerprint density at radius 2 is 0.697 bits per heavy atom. The van der Waals surface area contributed by atoms with Crippen molar-refractivity contribution in [3.8, 4) is 23.1 Å². The van der Waals surface area contributed by atoms with Crippen LogP contribution in [0.3, 0.4) is 0 Å². The summed E-state index contributed by atoms with van der Waals surface area (Å²) >= 11 is 0. The molecule has 13 aromatic rings. The van der Waals surface area contributed by atoms with Gasteiger partial charge in [0, 0.05) is 38.0 Å². The normalized spacial score (nSPS) is 11.9. The lowest BCUT2D eigenvalue weighted by molar-refractivity contribution is 1.11. The summed E-state index contributed by atoms with van der Waals surface area (Å²) in [5.74, 6) is 0. The predicted molar refractivity (Wildman–Crippen MR) is 278 cm³/mol. The van der Waals surface area contributed by atoms with Crippen LogP contribution in [0.4, 0.5) is 0 Å². The van der Waals surface area contributed by atoms with Gasteiger partial charge in [-0.05, 0) is 75.3 Å². The van der Waals surface area contributed by atoms with Gasteiger partial charge in [0.2, 0.25) is 0 Å². The average molecular weight is 857 g/mol. The van der Waals surface area contributed by atoms with Crippen LogP contribution in [0, 0.1) is 11.3 Å². The van der Waals surface area contributed by atoms with E-state index >= 15 is 0 Å². The highest BCUT2D eigenvalue weighted by Gasteiger charge is 2.41. The molecule has 66 heavy (non-hydrogen) atoms. The van der Waals surface area contributed by atoms with Crippen molar-refractivity contribution in [1.82, 2.24) is 13.7 Å². The third kappa shape index (κ3) is 5.43. The first-order valence-corrected chi connectivity index (χ1v) is 24.5. The molecule has 0 atom stereocenters. The first-order valence-electron chi connectivity index (χ1n) is 22.5. The molecule has 0 spiro atoms. The van der Waals surface area contributed by atoms with Gasteiger partial charge < -0.3 is 13.7 Å². The van der Waals surface area contributed by atoms with Gasteiger partial charge in [-0.25, -0.2) is 0 Å². The molecule has 0 amide bonds. The van der Waals surface area contributed by atoms with Crippen molar-refractivity contribution in [1.29, 1.82) is 5.26 Å². The molecule has 13 rings (SSSR count). The Labute approximate surface area is 382 Å². The predicted octanol–water partition coefficient (Wildman–Crippen LogP) is 12.2. The Hall–Kier alpha value is -8.69. The minimum atomic E-state index is -2.74. The van der Waals surface area contributed by atoms with Crippen molar-refractivity contribution in [2.24, 2.45) is 0 Å². The minimum absolute atomic E-state index is 0.635. The molecule has 0 aliphatic heterocycles. The summed E-state index contributed by atoms with van der Waals surface area (Å²) in [7, 11) is -2.74. The van der Waals surface area contributed by atoms with E-state index in [1.807, 2.05) is 12.1 Å². The zero-order chi connectivity index (χ0) is 43.8. The fourth-order valence-corrected chi connectivity index (χ4v) is 15.8. The molecule has 0 aliphatic carbocycles. The fraction of sp³-hybridized carbons (Fsp3) is 0. The Morgan fingerprint density at radius 3 is 1.23 bits per heavy atom. The maximum atomic E-state index is 10.1. The molecule has 0 fully saturated rings. The van der Waals surface area contributed by atoms with E-state index in [0.29, 0.717) is 5.56 Å². The molecular formula is C61H40N4Si. The van der Waals surface area contributed by atoms with Crippen molar-refractivity contribution < 1.29 is 0 Å². The van der Waals surface area contributed by atoms with Gasteiger partial charge >= 0.3 is 0 Å². The number of aromatic nitrogens is 3. The number of hydrogen-bond donors (Lipinski definition) is 0. The summed E-state index contributed by atoms with van der Waals surface area (Å²) in [5, 5.41) is 22.5. The van der Waals surface area contributed by atoms with Crippen LogP contribution in [0.5, 0.6) is 0 Å². The zero-order valence-electron chi connectivity index (χ0n) is 35.9. The second kappa shape index (κ2) is 15.0. The lowest BCUT2D eigenvalue weighted by Gasteiger charge is -2.34. The van der Waals surface area contributed by atoms with Gasteiger partial charge in [-0.15, -0.1) is 0 Å². The van der Waals surface area contributed by atoms with Gasteiger partial charge in [0.1, 0.15) is 0 Å². The number of rotatable bonds is 7. The molecular weight excluding hydrogens is 817 g/mol. The first-order chi connectivity index (χ1) is 32.7. The van der Waals surface area contributed by atoms with E-state index < -0.39 is 8.07 Å². The molecule has 10 aromatic carbocycles. The van der Waals surface area contributed by atoms with E-state index in [9.17, 15) is 5.26 Å². The number of nitriles is 1. The molecule has 3 aromatic heterocycles. The number of nitrogens with zero attached hydrogens (tertiary/aromatic N) is 4. The van der Waals surface area contributed by atoms with E-state index in [4.69, 9.17) is 0 Å². The summed E-state index contributed by atoms with van der Waals surface area (Å²) in [6.07, 6.45) is 0. The highest BCUT2D eigenvalue weighted by Crippen LogP contribution is 2.43. The van der Waals surface area contributed by atoms with Gasteiger partial charge in [0.05, 0.1) is 56.1 Å². The van der Waals surface area contributed by atoms with Crippen LogP contribution in [-0.4, -0.2) is 21.8 Å². The molecule has 3 heterocycles. The number of fused-ring (bicyclic) bond motifs is 9. The second-order valence-electron chi connectivity index (χ2n) is 17.1. The van der Waals surface area contributed by atoms with Gasteiger partial charge in [0.15, 0.2) is 8.07 Å². The van der Waals surface area contributed by atoms with Crippen LogP contribution >= 0.6 is 0 Å². The van der Waals surface area contributed by atoms with Crippen molar-refractivity contribution in [2.45, 2.75) is 0 Å². The molecule has 308 valence electrons. The zero-order valence-corrected chi connectivity index (χ0v) is 36.9. The molecule has 0 saturated carbocycles. The molecule has 0 N–H and O–H groups in total. The molecule has 0 radical (unpaired) electrons. The van der Waals surface area contributed by atoms with E-state index in [2.05, 4.69) is 250 Å². The van der Waals surface area contributed by atoms with Crippen LogP contribution in [0.15, 0.2) is 243 Å². The highest BCUT2D eigenvalue weighted by molar-refractivity contribution is 7.19. The van der Waals surface area contributed by atoms with Crippen LogP contribution < -0.4 is 20.7 Å². The van der Waals surface area contributed by atoms with Gasteiger partial charge in [-0.1, -0.05) is 188 Å². The Kier molecular flexibility index (Phi) is 8.57. The van der Waals surface area contributed by atoms with E-state index in [1.54, 1.807) is 0 Å². The largest absolute Gasteiger partial charge is 0.307 e. The number of hydrogen-bond acceptors (Lipinski definition) is 1. The van der Waals surface area contributed by atoms with Crippen molar-refractivity contribution in [3.05, 3.63) is 248 Å². The third-order valence-corrected chi connectivity index (χ3v) is 18.6. The third-order valence-electron chi connectivity index (χ3n) is 13.8. The number of benzene rings is 10. The summed E-state index contributed by atoms with van der Waals surface area (Å²) in [5.41, 5.74) is 10.5. The molecule has 5 heteroatoms. The van der Waals surface area contributed by atoms with Crippen LogP contribution in [-0.2, 0) is 0 Å². The Balaban J connectivity index is 1.11. The highest BCUT2D eigenvalue weighted by atomic mass is 28.3. The summed E-state index contributed by atoms with van der Waals surface area (Å²) < 4.78 is 7.32. The molecule has 4 nitrogen and oxygen atoms in total. The van der Waals surface area contributed by atoms with Crippen molar-refractivity contribution >= 4 is 94.2 Å². The summed E-state index contributed by atoms with van der Waals surface area (Å²) in [6.45, 7) is 0. The minimum Gasteiger partial charge on any atom is -0.307 e. The van der Waals surface area contributed by atoms with Crippen molar-refractivity contribution in [3.63, 3.8) is 0 Å². The maximum Gasteiger partial charge on any atom is 0.179 e. The van der Waals surface area contributed by atoms with Gasteiger partial charge in [0.25, 0.3) is 0 Å². The van der Waals surface area contributed by atoms with Crippen LogP contribution in [0.2, 0.25) is 0 Å². The van der Waals surface area contributed by atoms with E-state index in [0.717, 1.165) is 60.9 Å². The quantitative estimate of drug-likeness (QED) is 0.116. The molecule has 0 unspecified atom stereocenters. The number of para-hydroxylation sites is 5. The lowest BCUT2D eigenvalue weighted by atomic mass is 10.1. The van der Waals surface area contributed by atoms with Gasteiger partial charge in [-0.2, -0.15) is 5.26 Å². The van der Waals surface area contributed by atoms with Crippen LogP contribution in [0.1, 0.15) is 5.56 Å². The first kappa shape index (κ1) is 37.8. The summed E-state index contributed by atoms with van der Waals surface area (Å²) in [6, 6.07) is 90.9. The van der Waals surface area contributed by atoms with E-state index in [-0.39, 0.29) is 0 Å². The SMILES string of the molecule is N#Cc1ccc2c3ccccc3n(-c3cccc4c5ccccc5n(-c5cccc6c7ccccc7n(-c7ccc([Si](c8ccccc8)(c8ccccc8)c8ccccc8)cc7)c56)c34)c2c1. The standard InChI is InChI=1S/C61H40N4Si/c62-41-42-34-39-51-48-24-10-14-30-55(48)64(59(51)40-42)57-32-16-28-53-50-26-12-15-31-56(50)65(61(53)57)58-33-17-27-52-49-25-11-13-29-54(49)63(60(52)58)43-35-37-47(38-36-43)66(44-18-4-1-5-19-44,45-20-6-2-7-21-45)46-22-8-3-9-23-46/h1-40H. The molecule has 0 bridgehead atoms. The van der Waals surface area contributed by atoms with E-state index in [1.165, 1.54) is 42.3 Å². The Morgan fingerprint density at radius 1 is 0.303 bits per heavy atom. The average Bonchev–Trinajstić information content (AvgIpc) is 4.04. The van der Waals surface area contributed by atoms with Crippen LogP contribution in [0.25, 0.3) is 82.5 Å². The summed E-state index contributed by atoms with van der Waals surface area (Å²) in [4.78, 5) is 0. The molecule has 0 aliphatic rings. The monoisotopic (exact) mass is 856 g/mol. The topological polar surface area (TPSA) is 38.6 Å². The fourth-order valence-electron chi connectivity index (χ4n) is 11.1. The maximum absolute atomic E-state index is 10.1. The lowest BCUT2D eigenvalue weighted by Crippen LogP contribution is -2.74. The smallest absolute Gasteiger partial charge is 0.179 e. The Bertz CT molecular complexity index is 3950. The second-order valence-corrected chi connectivity index (χ2v) is 21.0. The van der Waals surface area contributed by atoms with Gasteiger partial charge in [-0.3, -0.25) is 0 Å².